The van der Waals surface area contributed by atoms with Crippen LogP contribution in [0.1, 0.15) is 18.9 Å². The molecule has 1 heterocycles. The number of rotatable bonds is 6. The Kier molecular flexibility index (Phi) is 5.38. The van der Waals surface area contributed by atoms with E-state index < -0.39 is 0 Å². The van der Waals surface area contributed by atoms with Gasteiger partial charge in [-0.15, -0.1) is 0 Å². The Labute approximate surface area is 119 Å². The number of ether oxygens (including phenoxy) is 2. The van der Waals surface area contributed by atoms with Crippen LogP contribution in [-0.2, 0) is 16.1 Å². The summed E-state index contributed by atoms with van der Waals surface area (Å²) in [5, 5.41) is 2.95. The van der Waals surface area contributed by atoms with E-state index in [1.807, 2.05) is 31.2 Å². The van der Waals surface area contributed by atoms with E-state index in [1.54, 1.807) is 0 Å². The van der Waals surface area contributed by atoms with Crippen LogP contribution in [0.2, 0.25) is 0 Å². The van der Waals surface area contributed by atoms with E-state index in [0.29, 0.717) is 18.2 Å². The Bertz CT molecular complexity index is 427. The molecule has 1 fully saturated rings. The van der Waals surface area contributed by atoms with E-state index in [2.05, 4.69) is 5.32 Å². The second kappa shape index (κ2) is 7.26. The Morgan fingerprint density at radius 3 is 2.85 bits per heavy atom. The average molecular weight is 278 g/mol. The van der Waals surface area contributed by atoms with Crippen LogP contribution < -0.4 is 15.8 Å². The summed E-state index contributed by atoms with van der Waals surface area (Å²) in [6.45, 7) is 4.05. The molecule has 1 aromatic rings. The van der Waals surface area contributed by atoms with E-state index in [-0.39, 0.29) is 18.6 Å². The van der Waals surface area contributed by atoms with Gasteiger partial charge in [0, 0.05) is 25.1 Å². The smallest absolute Gasteiger partial charge is 0.258 e. The molecular weight excluding hydrogens is 256 g/mol. The SMILES string of the molecule is CC(NC(=O)COc1ccc(CN)cc1)C1CCOC1. The molecule has 5 heteroatoms. The van der Waals surface area contributed by atoms with Crippen LogP contribution in [0.3, 0.4) is 0 Å². The van der Waals surface area contributed by atoms with E-state index >= 15 is 0 Å². The second-order valence-electron chi connectivity index (χ2n) is 5.12. The van der Waals surface area contributed by atoms with Gasteiger partial charge in [0.1, 0.15) is 5.75 Å². The zero-order chi connectivity index (χ0) is 14.4. The highest BCUT2D eigenvalue weighted by atomic mass is 16.5. The largest absolute Gasteiger partial charge is 0.484 e. The number of nitrogens with two attached hydrogens (primary N) is 1. The summed E-state index contributed by atoms with van der Waals surface area (Å²) in [6.07, 6.45) is 1.00. The van der Waals surface area contributed by atoms with E-state index in [1.165, 1.54) is 0 Å². The molecule has 0 aromatic heterocycles. The van der Waals surface area contributed by atoms with Gasteiger partial charge in [-0.25, -0.2) is 0 Å². The van der Waals surface area contributed by atoms with Gasteiger partial charge in [0.2, 0.25) is 0 Å². The van der Waals surface area contributed by atoms with Gasteiger partial charge in [-0.1, -0.05) is 12.1 Å². The zero-order valence-corrected chi connectivity index (χ0v) is 11.8. The highest BCUT2D eigenvalue weighted by Gasteiger charge is 2.23. The molecule has 0 radical (unpaired) electrons. The zero-order valence-electron chi connectivity index (χ0n) is 11.8. The van der Waals surface area contributed by atoms with Crippen molar-refractivity contribution >= 4 is 5.91 Å². The van der Waals surface area contributed by atoms with Crippen LogP contribution >= 0.6 is 0 Å². The maximum atomic E-state index is 11.8. The molecule has 1 amide bonds. The molecule has 3 N–H and O–H groups in total. The number of amides is 1. The summed E-state index contributed by atoms with van der Waals surface area (Å²) in [6, 6.07) is 7.55. The van der Waals surface area contributed by atoms with Crippen molar-refractivity contribution in [3.63, 3.8) is 0 Å². The fraction of sp³-hybridized carbons (Fsp3) is 0.533. The Balaban J connectivity index is 1.73. The summed E-state index contributed by atoms with van der Waals surface area (Å²) >= 11 is 0. The summed E-state index contributed by atoms with van der Waals surface area (Å²) in [4.78, 5) is 11.8. The lowest BCUT2D eigenvalue weighted by Gasteiger charge is -2.19. The molecule has 1 aliphatic heterocycles. The number of benzene rings is 1. The number of carbonyl (C=O) groups excluding carboxylic acids is 1. The van der Waals surface area contributed by atoms with Crippen molar-refractivity contribution in [3.8, 4) is 5.75 Å². The summed E-state index contributed by atoms with van der Waals surface area (Å²) in [5.41, 5.74) is 6.56. The molecule has 1 aromatic carbocycles. The third kappa shape index (κ3) is 4.21. The molecule has 0 spiro atoms. The minimum absolute atomic E-state index is 0.0277. The molecule has 0 aliphatic carbocycles. The van der Waals surface area contributed by atoms with Crippen LogP contribution in [0.5, 0.6) is 5.75 Å². The summed E-state index contributed by atoms with van der Waals surface area (Å²) in [7, 11) is 0. The first-order valence-electron chi connectivity index (χ1n) is 6.98. The van der Waals surface area contributed by atoms with Crippen LogP contribution in [0.15, 0.2) is 24.3 Å². The van der Waals surface area contributed by atoms with Crippen LogP contribution in [0.25, 0.3) is 0 Å². The highest BCUT2D eigenvalue weighted by Crippen LogP contribution is 2.16. The number of hydrogen-bond acceptors (Lipinski definition) is 4. The lowest BCUT2D eigenvalue weighted by Crippen LogP contribution is -2.40. The average Bonchev–Trinajstić information content (AvgIpc) is 3.00. The fourth-order valence-electron chi connectivity index (χ4n) is 2.23. The van der Waals surface area contributed by atoms with E-state index in [9.17, 15) is 4.79 Å². The standard InChI is InChI=1S/C15H22N2O3/c1-11(13-6-7-19-9-13)17-15(18)10-20-14-4-2-12(8-16)3-5-14/h2-5,11,13H,6-10,16H2,1H3,(H,17,18). The lowest BCUT2D eigenvalue weighted by molar-refractivity contribution is -0.124. The van der Waals surface area contributed by atoms with E-state index in [4.69, 9.17) is 15.2 Å². The van der Waals surface area contributed by atoms with E-state index in [0.717, 1.165) is 25.2 Å². The number of carbonyl (C=O) groups is 1. The van der Waals surface area contributed by atoms with Crippen molar-refractivity contribution in [1.82, 2.24) is 5.32 Å². The van der Waals surface area contributed by atoms with Crippen molar-refractivity contribution in [2.75, 3.05) is 19.8 Å². The van der Waals surface area contributed by atoms with Gasteiger partial charge in [-0.3, -0.25) is 4.79 Å². The summed E-state index contributed by atoms with van der Waals surface area (Å²) in [5.74, 6) is 0.976. The van der Waals surface area contributed by atoms with Gasteiger partial charge in [0.15, 0.2) is 6.61 Å². The molecular formula is C15H22N2O3. The molecule has 5 nitrogen and oxygen atoms in total. The first-order valence-corrected chi connectivity index (χ1v) is 6.98. The Morgan fingerprint density at radius 2 is 2.25 bits per heavy atom. The third-order valence-corrected chi connectivity index (χ3v) is 3.59. The first kappa shape index (κ1) is 14.8. The molecule has 20 heavy (non-hydrogen) atoms. The minimum atomic E-state index is -0.104. The van der Waals surface area contributed by atoms with Crippen LogP contribution in [-0.4, -0.2) is 31.8 Å². The van der Waals surface area contributed by atoms with Crippen molar-refractivity contribution in [3.05, 3.63) is 29.8 Å². The van der Waals surface area contributed by atoms with Gasteiger partial charge >= 0.3 is 0 Å². The highest BCUT2D eigenvalue weighted by molar-refractivity contribution is 5.77. The van der Waals surface area contributed by atoms with Crippen molar-refractivity contribution in [1.29, 1.82) is 0 Å². The van der Waals surface area contributed by atoms with Crippen molar-refractivity contribution in [2.24, 2.45) is 11.7 Å². The van der Waals surface area contributed by atoms with Gasteiger partial charge in [-0.05, 0) is 31.0 Å². The summed E-state index contributed by atoms with van der Waals surface area (Å²) < 4.78 is 10.8. The molecule has 0 saturated carbocycles. The van der Waals surface area contributed by atoms with Gasteiger partial charge < -0.3 is 20.5 Å². The predicted octanol–water partition coefficient (Wildman–Crippen LogP) is 1.07. The van der Waals surface area contributed by atoms with Gasteiger partial charge in [0.25, 0.3) is 5.91 Å². The number of nitrogens with one attached hydrogen (secondary N) is 1. The first-order chi connectivity index (χ1) is 9.69. The maximum Gasteiger partial charge on any atom is 0.258 e. The molecule has 1 saturated heterocycles. The molecule has 110 valence electrons. The van der Waals surface area contributed by atoms with Crippen LogP contribution in [0, 0.1) is 5.92 Å². The van der Waals surface area contributed by atoms with Crippen molar-refractivity contribution < 1.29 is 14.3 Å². The normalized spacial score (nSPS) is 19.6. The molecule has 2 atom stereocenters. The minimum Gasteiger partial charge on any atom is -0.484 e. The molecule has 1 aliphatic rings. The van der Waals surface area contributed by atoms with Crippen LogP contribution in [0.4, 0.5) is 0 Å². The molecule has 2 rings (SSSR count). The molecule has 2 unspecified atom stereocenters. The Hall–Kier alpha value is -1.59. The van der Waals surface area contributed by atoms with Crippen molar-refractivity contribution in [2.45, 2.75) is 25.9 Å². The predicted molar refractivity (Wildman–Crippen MR) is 76.4 cm³/mol. The monoisotopic (exact) mass is 278 g/mol. The lowest BCUT2D eigenvalue weighted by atomic mass is 10.0. The quantitative estimate of drug-likeness (QED) is 0.816. The van der Waals surface area contributed by atoms with Gasteiger partial charge in [0.05, 0.1) is 6.61 Å². The topological polar surface area (TPSA) is 73.6 Å². The second-order valence-corrected chi connectivity index (χ2v) is 5.12. The third-order valence-electron chi connectivity index (χ3n) is 3.59. The fourth-order valence-corrected chi connectivity index (χ4v) is 2.23. The maximum absolute atomic E-state index is 11.8. The van der Waals surface area contributed by atoms with Gasteiger partial charge in [-0.2, -0.15) is 0 Å². The Morgan fingerprint density at radius 1 is 1.50 bits per heavy atom. The number of hydrogen-bond donors (Lipinski definition) is 2. The molecule has 0 bridgehead atoms.